The highest BCUT2D eigenvalue weighted by Gasteiger charge is 2.12. The SMILES string of the molecule is O=c1ccc(CCCCCC2CCCCC2)c[nH]1. The van der Waals surface area contributed by atoms with Crippen molar-refractivity contribution in [3.63, 3.8) is 0 Å². The van der Waals surface area contributed by atoms with Crippen LogP contribution in [0.4, 0.5) is 0 Å². The standard InChI is InChI=1S/C16H25NO/c18-16-12-11-15(13-17-16)10-6-2-5-9-14-7-3-1-4-8-14/h11-14H,1-10H2,(H,17,18). The second-order valence-corrected chi connectivity index (χ2v) is 5.66. The van der Waals surface area contributed by atoms with Crippen LogP contribution in [0.3, 0.4) is 0 Å². The number of aromatic amines is 1. The molecule has 100 valence electrons. The summed E-state index contributed by atoms with van der Waals surface area (Å²) < 4.78 is 0. The van der Waals surface area contributed by atoms with Gasteiger partial charge in [0.15, 0.2) is 0 Å². The first kappa shape index (κ1) is 13.4. The van der Waals surface area contributed by atoms with Gasteiger partial charge in [0.1, 0.15) is 0 Å². The van der Waals surface area contributed by atoms with Crippen LogP contribution in [0.25, 0.3) is 0 Å². The van der Waals surface area contributed by atoms with Crippen molar-refractivity contribution in [3.05, 3.63) is 34.2 Å². The Morgan fingerprint density at radius 2 is 1.89 bits per heavy atom. The molecule has 0 bridgehead atoms. The molecule has 1 aromatic rings. The molecule has 0 atom stereocenters. The van der Waals surface area contributed by atoms with E-state index in [2.05, 4.69) is 4.98 Å². The molecule has 18 heavy (non-hydrogen) atoms. The number of aryl methyl sites for hydroxylation is 1. The fourth-order valence-electron chi connectivity index (χ4n) is 3.01. The molecule has 0 amide bonds. The fraction of sp³-hybridized carbons (Fsp3) is 0.688. The molecule has 1 N–H and O–H groups in total. The maximum atomic E-state index is 10.9. The van der Waals surface area contributed by atoms with Crippen LogP contribution in [0.15, 0.2) is 23.1 Å². The fourth-order valence-corrected chi connectivity index (χ4v) is 3.01. The van der Waals surface area contributed by atoms with Gasteiger partial charge in [-0.2, -0.15) is 0 Å². The molecule has 1 aliphatic carbocycles. The third-order valence-electron chi connectivity index (χ3n) is 4.15. The van der Waals surface area contributed by atoms with Crippen molar-refractivity contribution in [3.8, 4) is 0 Å². The Morgan fingerprint density at radius 3 is 2.61 bits per heavy atom. The van der Waals surface area contributed by atoms with Crippen LogP contribution in [0.1, 0.15) is 63.4 Å². The Morgan fingerprint density at radius 1 is 1.06 bits per heavy atom. The van der Waals surface area contributed by atoms with Crippen molar-refractivity contribution in [2.75, 3.05) is 0 Å². The predicted molar refractivity (Wildman–Crippen MR) is 75.8 cm³/mol. The van der Waals surface area contributed by atoms with Crippen LogP contribution in [-0.4, -0.2) is 4.98 Å². The van der Waals surface area contributed by atoms with E-state index in [0.29, 0.717) is 0 Å². The summed E-state index contributed by atoms with van der Waals surface area (Å²) in [4.78, 5) is 13.7. The molecule has 0 unspecified atom stereocenters. The molecule has 1 fully saturated rings. The topological polar surface area (TPSA) is 32.9 Å². The lowest BCUT2D eigenvalue weighted by molar-refractivity contribution is 0.328. The molecule has 1 saturated carbocycles. The van der Waals surface area contributed by atoms with Gasteiger partial charge in [-0.25, -0.2) is 0 Å². The minimum absolute atomic E-state index is 0.00366. The van der Waals surface area contributed by atoms with Gasteiger partial charge in [0.25, 0.3) is 0 Å². The van der Waals surface area contributed by atoms with Gasteiger partial charge in [0.2, 0.25) is 5.56 Å². The molecule has 0 radical (unpaired) electrons. The van der Waals surface area contributed by atoms with Crippen LogP contribution >= 0.6 is 0 Å². The van der Waals surface area contributed by atoms with E-state index in [-0.39, 0.29) is 5.56 Å². The van der Waals surface area contributed by atoms with Gasteiger partial charge in [-0.1, -0.05) is 57.4 Å². The summed E-state index contributed by atoms with van der Waals surface area (Å²) in [7, 11) is 0. The maximum absolute atomic E-state index is 10.9. The van der Waals surface area contributed by atoms with E-state index in [1.807, 2.05) is 12.3 Å². The molecular weight excluding hydrogens is 222 g/mol. The van der Waals surface area contributed by atoms with Gasteiger partial charge >= 0.3 is 0 Å². The van der Waals surface area contributed by atoms with Crippen molar-refractivity contribution < 1.29 is 0 Å². The van der Waals surface area contributed by atoms with Crippen LogP contribution < -0.4 is 5.56 Å². The molecule has 0 aromatic carbocycles. The van der Waals surface area contributed by atoms with Gasteiger partial charge in [0, 0.05) is 12.3 Å². The summed E-state index contributed by atoms with van der Waals surface area (Å²) >= 11 is 0. The third kappa shape index (κ3) is 4.67. The van der Waals surface area contributed by atoms with E-state index < -0.39 is 0 Å². The predicted octanol–water partition coefficient (Wildman–Crippen LogP) is 4.06. The molecule has 1 aliphatic rings. The van der Waals surface area contributed by atoms with E-state index in [4.69, 9.17) is 0 Å². The molecule has 2 heteroatoms. The lowest BCUT2D eigenvalue weighted by Gasteiger charge is -2.21. The molecule has 2 rings (SSSR count). The summed E-state index contributed by atoms with van der Waals surface area (Å²) in [6.45, 7) is 0. The number of rotatable bonds is 6. The van der Waals surface area contributed by atoms with E-state index in [0.717, 1.165) is 12.3 Å². The first-order valence-corrected chi connectivity index (χ1v) is 7.52. The maximum Gasteiger partial charge on any atom is 0.247 e. The van der Waals surface area contributed by atoms with Gasteiger partial charge in [-0.3, -0.25) is 4.79 Å². The van der Waals surface area contributed by atoms with Gasteiger partial charge in [0.05, 0.1) is 0 Å². The molecular formula is C16H25NO. The summed E-state index contributed by atoms with van der Waals surface area (Å²) in [5.41, 5.74) is 1.25. The molecule has 1 heterocycles. The zero-order chi connectivity index (χ0) is 12.6. The number of hydrogen-bond acceptors (Lipinski definition) is 1. The quantitative estimate of drug-likeness (QED) is 0.755. The van der Waals surface area contributed by atoms with Gasteiger partial charge < -0.3 is 4.98 Å². The van der Waals surface area contributed by atoms with E-state index in [9.17, 15) is 4.79 Å². The molecule has 0 aliphatic heterocycles. The highest BCUT2D eigenvalue weighted by atomic mass is 16.1. The molecule has 0 spiro atoms. The van der Waals surface area contributed by atoms with Crippen molar-refractivity contribution in [1.29, 1.82) is 0 Å². The second-order valence-electron chi connectivity index (χ2n) is 5.66. The Hall–Kier alpha value is -1.05. The smallest absolute Gasteiger partial charge is 0.247 e. The third-order valence-corrected chi connectivity index (χ3v) is 4.15. The zero-order valence-electron chi connectivity index (χ0n) is 11.3. The number of aromatic nitrogens is 1. The van der Waals surface area contributed by atoms with Crippen molar-refractivity contribution in [2.45, 2.75) is 64.2 Å². The van der Waals surface area contributed by atoms with Gasteiger partial charge in [-0.15, -0.1) is 0 Å². The Labute approximate surface area is 110 Å². The van der Waals surface area contributed by atoms with Crippen molar-refractivity contribution in [2.24, 2.45) is 5.92 Å². The lowest BCUT2D eigenvalue weighted by atomic mass is 9.85. The largest absolute Gasteiger partial charge is 0.329 e. The second kappa shape index (κ2) is 7.40. The monoisotopic (exact) mass is 247 g/mol. The van der Waals surface area contributed by atoms with Crippen LogP contribution in [-0.2, 0) is 6.42 Å². The van der Waals surface area contributed by atoms with E-state index in [1.54, 1.807) is 6.07 Å². The normalized spacial score (nSPS) is 16.9. The Kier molecular flexibility index (Phi) is 5.50. The molecule has 2 nitrogen and oxygen atoms in total. The number of H-pyrrole nitrogens is 1. The van der Waals surface area contributed by atoms with Crippen LogP contribution in [0, 0.1) is 5.92 Å². The lowest BCUT2D eigenvalue weighted by Crippen LogP contribution is -2.06. The average Bonchev–Trinajstić information content (AvgIpc) is 2.42. The number of nitrogens with one attached hydrogen (secondary N) is 1. The Bertz CT molecular complexity index is 370. The number of unbranched alkanes of at least 4 members (excludes halogenated alkanes) is 2. The summed E-state index contributed by atoms with van der Waals surface area (Å²) in [6.07, 6.45) is 15.7. The first-order valence-electron chi connectivity index (χ1n) is 7.52. The zero-order valence-corrected chi connectivity index (χ0v) is 11.3. The van der Waals surface area contributed by atoms with E-state index >= 15 is 0 Å². The van der Waals surface area contributed by atoms with Gasteiger partial charge in [-0.05, 0) is 24.3 Å². The van der Waals surface area contributed by atoms with Crippen molar-refractivity contribution in [1.82, 2.24) is 4.98 Å². The minimum Gasteiger partial charge on any atom is -0.329 e. The van der Waals surface area contributed by atoms with E-state index in [1.165, 1.54) is 63.4 Å². The minimum atomic E-state index is -0.00366. The Balaban J connectivity index is 1.55. The van der Waals surface area contributed by atoms with Crippen LogP contribution in [0.2, 0.25) is 0 Å². The first-order chi connectivity index (χ1) is 8.84. The number of pyridine rings is 1. The highest BCUT2D eigenvalue weighted by Crippen LogP contribution is 2.27. The summed E-state index contributed by atoms with van der Waals surface area (Å²) in [5.74, 6) is 1.02. The van der Waals surface area contributed by atoms with Crippen molar-refractivity contribution >= 4 is 0 Å². The summed E-state index contributed by atoms with van der Waals surface area (Å²) in [5, 5.41) is 0. The average molecular weight is 247 g/mol. The highest BCUT2D eigenvalue weighted by molar-refractivity contribution is 5.08. The molecule has 1 aromatic heterocycles. The summed E-state index contributed by atoms with van der Waals surface area (Å²) in [6, 6.07) is 3.57. The molecule has 0 saturated heterocycles. The number of hydrogen-bond donors (Lipinski definition) is 1. The van der Waals surface area contributed by atoms with Crippen LogP contribution in [0.5, 0.6) is 0 Å².